The SMILES string of the molecule is O=C(c1ccc(Cl)cc1)N1C[C@@H]2CN3C=C1[C@H]2CC3. The maximum atomic E-state index is 12.6. The summed E-state index contributed by atoms with van der Waals surface area (Å²) in [6.45, 7) is 3.13. The van der Waals surface area contributed by atoms with Crippen molar-refractivity contribution in [2.24, 2.45) is 11.8 Å². The van der Waals surface area contributed by atoms with Gasteiger partial charge in [0.1, 0.15) is 0 Å². The highest BCUT2D eigenvalue weighted by Gasteiger charge is 2.46. The number of amides is 1. The van der Waals surface area contributed by atoms with Crippen molar-refractivity contribution in [3.05, 3.63) is 46.7 Å². The highest BCUT2D eigenvalue weighted by molar-refractivity contribution is 6.30. The number of benzene rings is 1. The lowest BCUT2D eigenvalue weighted by atomic mass is 9.84. The molecule has 4 heterocycles. The molecule has 0 radical (unpaired) electrons. The third-order valence-electron chi connectivity index (χ3n) is 4.53. The minimum atomic E-state index is 0.110. The van der Waals surface area contributed by atoms with Crippen LogP contribution in [-0.2, 0) is 0 Å². The zero-order chi connectivity index (χ0) is 13.0. The first-order valence-corrected chi connectivity index (χ1v) is 7.13. The number of hydrogen-bond donors (Lipinski definition) is 0. The second kappa shape index (κ2) is 4.01. The van der Waals surface area contributed by atoms with Crippen LogP contribution in [0.2, 0.25) is 5.02 Å². The maximum Gasteiger partial charge on any atom is 0.258 e. The molecule has 4 aliphatic heterocycles. The summed E-state index contributed by atoms with van der Waals surface area (Å²) in [5.74, 6) is 1.34. The van der Waals surface area contributed by atoms with Crippen molar-refractivity contribution in [2.45, 2.75) is 6.42 Å². The highest BCUT2D eigenvalue weighted by Crippen LogP contribution is 2.43. The van der Waals surface area contributed by atoms with Gasteiger partial charge in [-0.15, -0.1) is 0 Å². The standard InChI is InChI=1S/C15H15ClN2O/c16-12-3-1-10(2-4-12)15(19)18-8-11-7-17-6-5-13(11)14(18)9-17/h1-4,9,11,13H,5-8H2/t11-,13-/m0/s1. The normalized spacial score (nSPS) is 27.7. The van der Waals surface area contributed by atoms with Gasteiger partial charge in [0.2, 0.25) is 0 Å². The fourth-order valence-corrected chi connectivity index (χ4v) is 3.72. The van der Waals surface area contributed by atoms with Crippen LogP contribution >= 0.6 is 11.6 Å². The molecule has 4 heteroatoms. The molecule has 0 aliphatic carbocycles. The number of carbonyl (C=O) groups excluding carboxylic acids is 1. The van der Waals surface area contributed by atoms with Gasteiger partial charge in [0.15, 0.2) is 0 Å². The van der Waals surface area contributed by atoms with E-state index in [9.17, 15) is 4.79 Å². The first-order valence-electron chi connectivity index (χ1n) is 6.75. The summed E-state index contributed by atoms with van der Waals surface area (Å²) in [5, 5.41) is 0.668. The second-order valence-corrected chi connectivity index (χ2v) is 6.06. The minimum Gasteiger partial charge on any atom is -0.376 e. The number of fused-ring (bicyclic) bond motifs is 1. The van der Waals surface area contributed by atoms with E-state index in [-0.39, 0.29) is 5.91 Å². The van der Waals surface area contributed by atoms with E-state index in [1.165, 1.54) is 12.1 Å². The Labute approximate surface area is 117 Å². The summed E-state index contributed by atoms with van der Waals surface area (Å²) >= 11 is 5.87. The Morgan fingerprint density at radius 1 is 1.21 bits per heavy atom. The molecule has 0 aromatic heterocycles. The van der Waals surface area contributed by atoms with Crippen LogP contribution in [0.1, 0.15) is 16.8 Å². The summed E-state index contributed by atoms with van der Waals surface area (Å²) in [6.07, 6.45) is 3.38. The summed E-state index contributed by atoms with van der Waals surface area (Å²) in [4.78, 5) is 16.9. The fourth-order valence-electron chi connectivity index (χ4n) is 3.59. The van der Waals surface area contributed by atoms with Crippen LogP contribution in [-0.4, -0.2) is 35.3 Å². The zero-order valence-corrected chi connectivity index (χ0v) is 11.3. The van der Waals surface area contributed by atoms with Gasteiger partial charge in [-0.3, -0.25) is 4.79 Å². The van der Waals surface area contributed by atoms with Gasteiger partial charge in [-0.1, -0.05) is 11.6 Å². The molecular formula is C15H15ClN2O. The van der Waals surface area contributed by atoms with Gasteiger partial charge < -0.3 is 9.80 Å². The van der Waals surface area contributed by atoms with Crippen LogP contribution in [0.25, 0.3) is 0 Å². The molecule has 3 nitrogen and oxygen atoms in total. The van der Waals surface area contributed by atoms with Crippen LogP contribution in [0.3, 0.4) is 0 Å². The van der Waals surface area contributed by atoms with Crippen molar-refractivity contribution in [3.63, 3.8) is 0 Å². The Morgan fingerprint density at radius 2 is 2.00 bits per heavy atom. The lowest BCUT2D eigenvalue weighted by molar-refractivity contribution is 0.0820. The van der Waals surface area contributed by atoms with Crippen LogP contribution in [0.4, 0.5) is 0 Å². The van der Waals surface area contributed by atoms with Gasteiger partial charge in [-0.2, -0.15) is 0 Å². The molecule has 0 unspecified atom stereocenters. The van der Waals surface area contributed by atoms with Crippen molar-refractivity contribution in [1.82, 2.24) is 9.80 Å². The molecule has 98 valence electrons. The third kappa shape index (κ3) is 1.68. The highest BCUT2D eigenvalue weighted by atomic mass is 35.5. The number of rotatable bonds is 1. The monoisotopic (exact) mass is 274 g/mol. The maximum absolute atomic E-state index is 12.6. The van der Waals surface area contributed by atoms with Crippen molar-refractivity contribution < 1.29 is 4.79 Å². The van der Waals surface area contributed by atoms with Gasteiger partial charge in [-0.25, -0.2) is 0 Å². The van der Waals surface area contributed by atoms with Gasteiger partial charge in [0.05, 0.1) is 0 Å². The van der Waals surface area contributed by atoms with E-state index < -0.39 is 0 Å². The average Bonchev–Trinajstić information content (AvgIpc) is 2.71. The molecule has 1 aromatic carbocycles. The van der Waals surface area contributed by atoms with E-state index in [0.29, 0.717) is 16.9 Å². The topological polar surface area (TPSA) is 23.6 Å². The molecule has 2 fully saturated rings. The second-order valence-electron chi connectivity index (χ2n) is 5.63. The van der Waals surface area contributed by atoms with Gasteiger partial charge in [-0.05, 0) is 30.7 Å². The number of piperidine rings is 1. The number of carbonyl (C=O) groups is 1. The quantitative estimate of drug-likeness (QED) is 0.786. The van der Waals surface area contributed by atoms with E-state index in [2.05, 4.69) is 11.1 Å². The molecule has 19 heavy (non-hydrogen) atoms. The first kappa shape index (κ1) is 11.4. The molecule has 4 aliphatic rings. The number of halogens is 1. The van der Waals surface area contributed by atoms with Crippen LogP contribution < -0.4 is 0 Å². The number of allylic oxidation sites excluding steroid dienone is 1. The summed E-state index contributed by atoms with van der Waals surface area (Å²) in [5.41, 5.74) is 1.95. The number of hydrogen-bond acceptors (Lipinski definition) is 2. The molecule has 0 spiro atoms. The molecule has 5 rings (SSSR count). The van der Waals surface area contributed by atoms with Gasteiger partial charge in [0, 0.05) is 54.0 Å². The average molecular weight is 275 g/mol. The van der Waals surface area contributed by atoms with E-state index in [0.717, 1.165) is 25.2 Å². The van der Waals surface area contributed by atoms with Gasteiger partial charge in [0.25, 0.3) is 5.91 Å². The van der Waals surface area contributed by atoms with Crippen molar-refractivity contribution in [3.8, 4) is 0 Å². The minimum absolute atomic E-state index is 0.110. The van der Waals surface area contributed by atoms with Crippen molar-refractivity contribution in [1.29, 1.82) is 0 Å². The molecule has 1 aromatic rings. The summed E-state index contributed by atoms with van der Waals surface area (Å²) < 4.78 is 0. The smallest absolute Gasteiger partial charge is 0.258 e. The predicted molar refractivity (Wildman–Crippen MR) is 73.7 cm³/mol. The molecule has 0 N–H and O–H groups in total. The van der Waals surface area contributed by atoms with E-state index in [1.54, 1.807) is 12.1 Å². The summed E-state index contributed by atoms with van der Waals surface area (Å²) in [7, 11) is 0. The first-order chi connectivity index (χ1) is 9.22. The largest absolute Gasteiger partial charge is 0.376 e. The molecule has 2 atom stereocenters. The lowest BCUT2D eigenvalue weighted by Gasteiger charge is -2.39. The van der Waals surface area contributed by atoms with Crippen LogP contribution in [0.15, 0.2) is 36.2 Å². The Hall–Kier alpha value is -1.48. The fraction of sp³-hybridized carbons (Fsp3) is 0.400. The number of nitrogens with zero attached hydrogens (tertiary/aromatic N) is 2. The Morgan fingerprint density at radius 3 is 2.68 bits per heavy atom. The van der Waals surface area contributed by atoms with Crippen molar-refractivity contribution >= 4 is 17.5 Å². The number of likely N-dealkylation sites (tertiary alicyclic amines) is 1. The van der Waals surface area contributed by atoms with Gasteiger partial charge >= 0.3 is 0 Å². The molecule has 4 bridgehead atoms. The van der Waals surface area contributed by atoms with E-state index in [4.69, 9.17) is 11.6 Å². The van der Waals surface area contributed by atoms with E-state index >= 15 is 0 Å². The molecule has 2 saturated heterocycles. The Balaban J connectivity index is 1.65. The van der Waals surface area contributed by atoms with E-state index in [1.807, 2.05) is 17.0 Å². The Bertz CT molecular complexity index is 566. The third-order valence-corrected chi connectivity index (χ3v) is 4.78. The van der Waals surface area contributed by atoms with Crippen LogP contribution in [0, 0.1) is 11.8 Å². The molecule has 1 amide bonds. The summed E-state index contributed by atoms with van der Waals surface area (Å²) in [6, 6.07) is 7.18. The molecular weight excluding hydrogens is 260 g/mol. The molecule has 0 saturated carbocycles. The Kier molecular flexibility index (Phi) is 2.39. The zero-order valence-electron chi connectivity index (χ0n) is 10.6. The van der Waals surface area contributed by atoms with Crippen LogP contribution in [0.5, 0.6) is 0 Å². The van der Waals surface area contributed by atoms with Crippen molar-refractivity contribution in [2.75, 3.05) is 19.6 Å². The lowest BCUT2D eigenvalue weighted by Crippen LogP contribution is -2.40. The predicted octanol–water partition coefficient (Wildman–Crippen LogP) is 2.59.